The highest BCUT2D eigenvalue weighted by atomic mass is 16.1. The van der Waals surface area contributed by atoms with Gasteiger partial charge in [0.05, 0.1) is 0 Å². The molecular formula is C19H24N2O. The van der Waals surface area contributed by atoms with Crippen LogP contribution in [0.4, 0.5) is 11.4 Å². The SMILES string of the molecule is Cc1ccc(NC(=O)CCNc2ccc(C)c(C)c2)c(C)c1. The average molecular weight is 296 g/mol. The second-order valence-corrected chi connectivity index (χ2v) is 5.84. The van der Waals surface area contributed by atoms with Gasteiger partial charge in [0.2, 0.25) is 5.91 Å². The number of nitrogens with one attached hydrogen (secondary N) is 2. The number of carbonyl (C=O) groups is 1. The molecule has 0 bridgehead atoms. The van der Waals surface area contributed by atoms with E-state index >= 15 is 0 Å². The highest BCUT2D eigenvalue weighted by Gasteiger charge is 2.05. The topological polar surface area (TPSA) is 41.1 Å². The predicted molar refractivity (Wildman–Crippen MR) is 93.6 cm³/mol. The van der Waals surface area contributed by atoms with E-state index in [1.807, 2.05) is 32.0 Å². The third-order valence-corrected chi connectivity index (χ3v) is 3.84. The first-order valence-corrected chi connectivity index (χ1v) is 7.64. The standard InChI is InChI=1S/C19H24N2O/c1-13-5-8-18(16(4)11-13)21-19(22)9-10-20-17-7-6-14(2)15(3)12-17/h5-8,11-12,20H,9-10H2,1-4H3,(H,21,22). The van der Waals surface area contributed by atoms with Crippen molar-refractivity contribution in [1.29, 1.82) is 0 Å². The van der Waals surface area contributed by atoms with Crippen LogP contribution in [0, 0.1) is 27.7 Å². The largest absolute Gasteiger partial charge is 0.385 e. The maximum Gasteiger partial charge on any atom is 0.226 e. The first-order chi connectivity index (χ1) is 10.5. The van der Waals surface area contributed by atoms with E-state index in [0.29, 0.717) is 13.0 Å². The number of carbonyl (C=O) groups excluding carboxylic acids is 1. The van der Waals surface area contributed by atoms with Crippen LogP contribution < -0.4 is 10.6 Å². The molecule has 0 aliphatic carbocycles. The van der Waals surface area contributed by atoms with E-state index in [2.05, 4.69) is 42.7 Å². The highest BCUT2D eigenvalue weighted by molar-refractivity contribution is 5.91. The average Bonchev–Trinajstić information content (AvgIpc) is 2.46. The van der Waals surface area contributed by atoms with Gasteiger partial charge in [-0.25, -0.2) is 0 Å². The Kier molecular flexibility index (Phi) is 5.21. The lowest BCUT2D eigenvalue weighted by Crippen LogP contribution is -2.16. The molecule has 0 radical (unpaired) electrons. The molecular weight excluding hydrogens is 272 g/mol. The monoisotopic (exact) mass is 296 g/mol. The van der Waals surface area contributed by atoms with Crippen LogP contribution in [-0.4, -0.2) is 12.5 Å². The number of benzene rings is 2. The molecule has 2 aromatic rings. The molecule has 2 N–H and O–H groups in total. The molecule has 2 aromatic carbocycles. The van der Waals surface area contributed by atoms with Crippen molar-refractivity contribution in [3.05, 3.63) is 58.7 Å². The molecule has 0 spiro atoms. The Labute approximate surface area is 132 Å². The van der Waals surface area contributed by atoms with Gasteiger partial charge in [-0.1, -0.05) is 23.8 Å². The summed E-state index contributed by atoms with van der Waals surface area (Å²) in [4.78, 5) is 12.0. The normalized spacial score (nSPS) is 10.4. The molecule has 0 aliphatic heterocycles. The van der Waals surface area contributed by atoms with Gasteiger partial charge in [0.1, 0.15) is 0 Å². The van der Waals surface area contributed by atoms with Crippen LogP contribution in [0.2, 0.25) is 0 Å². The van der Waals surface area contributed by atoms with Gasteiger partial charge < -0.3 is 10.6 Å². The molecule has 0 unspecified atom stereocenters. The summed E-state index contributed by atoms with van der Waals surface area (Å²) in [5.74, 6) is 0.0308. The lowest BCUT2D eigenvalue weighted by atomic mass is 10.1. The third-order valence-electron chi connectivity index (χ3n) is 3.84. The van der Waals surface area contributed by atoms with Crippen molar-refractivity contribution in [3.8, 4) is 0 Å². The van der Waals surface area contributed by atoms with Crippen molar-refractivity contribution in [1.82, 2.24) is 0 Å². The van der Waals surface area contributed by atoms with Crippen LogP contribution in [0.25, 0.3) is 0 Å². The molecule has 0 fully saturated rings. The van der Waals surface area contributed by atoms with E-state index in [9.17, 15) is 4.79 Å². The lowest BCUT2D eigenvalue weighted by molar-refractivity contribution is -0.115. The molecule has 3 heteroatoms. The first kappa shape index (κ1) is 16.1. The maximum absolute atomic E-state index is 12.0. The second-order valence-electron chi connectivity index (χ2n) is 5.84. The van der Waals surface area contributed by atoms with Crippen LogP contribution in [0.5, 0.6) is 0 Å². The third kappa shape index (κ3) is 4.35. The van der Waals surface area contributed by atoms with E-state index < -0.39 is 0 Å². The van der Waals surface area contributed by atoms with Crippen molar-refractivity contribution in [2.24, 2.45) is 0 Å². The first-order valence-electron chi connectivity index (χ1n) is 7.64. The fourth-order valence-corrected chi connectivity index (χ4v) is 2.34. The van der Waals surface area contributed by atoms with Crippen molar-refractivity contribution in [2.45, 2.75) is 34.1 Å². The second kappa shape index (κ2) is 7.12. The molecule has 0 atom stereocenters. The van der Waals surface area contributed by atoms with E-state index in [1.165, 1.54) is 16.7 Å². The zero-order valence-corrected chi connectivity index (χ0v) is 13.8. The highest BCUT2D eigenvalue weighted by Crippen LogP contribution is 2.17. The van der Waals surface area contributed by atoms with Crippen LogP contribution in [-0.2, 0) is 4.79 Å². The molecule has 0 saturated carbocycles. The van der Waals surface area contributed by atoms with Crippen molar-refractivity contribution in [2.75, 3.05) is 17.2 Å². The number of hydrogen-bond donors (Lipinski definition) is 2. The summed E-state index contributed by atoms with van der Waals surface area (Å²) in [5, 5.41) is 6.26. The zero-order chi connectivity index (χ0) is 16.1. The minimum absolute atomic E-state index is 0.0308. The van der Waals surface area contributed by atoms with Gasteiger partial charge in [0.25, 0.3) is 0 Å². The summed E-state index contributed by atoms with van der Waals surface area (Å²) in [5.41, 5.74) is 6.77. The summed E-state index contributed by atoms with van der Waals surface area (Å²) >= 11 is 0. The predicted octanol–water partition coefficient (Wildman–Crippen LogP) is 4.36. The summed E-state index contributed by atoms with van der Waals surface area (Å²) in [6.45, 7) is 8.87. The zero-order valence-electron chi connectivity index (χ0n) is 13.8. The number of hydrogen-bond acceptors (Lipinski definition) is 2. The van der Waals surface area contributed by atoms with Gasteiger partial charge in [-0.15, -0.1) is 0 Å². The number of amides is 1. The lowest BCUT2D eigenvalue weighted by Gasteiger charge is -2.11. The van der Waals surface area contributed by atoms with Gasteiger partial charge in [-0.2, -0.15) is 0 Å². The molecule has 1 amide bonds. The Morgan fingerprint density at radius 2 is 1.68 bits per heavy atom. The molecule has 0 saturated heterocycles. The van der Waals surface area contributed by atoms with E-state index in [0.717, 1.165) is 16.9 Å². The number of rotatable bonds is 5. The van der Waals surface area contributed by atoms with Crippen LogP contribution in [0.3, 0.4) is 0 Å². The summed E-state index contributed by atoms with van der Waals surface area (Å²) in [6, 6.07) is 12.3. The molecule has 22 heavy (non-hydrogen) atoms. The number of aryl methyl sites for hydroxylation is 4. The minimum Gasteiger partial charge on any atom is -0.385 e. The molecule has 0 aromatic heterocycles. The van der Waals surface area contributed by atoms with Crippen molar-refractivity contribution >= 4 is 17.3 Å². The Morgan fingerprint density at radius 1 is 0.909 bits per heavy atom. The van der Waals surface area contributed by atoms with E-state index in [4.69, 9.17) is 0 Å². The van der Waals surface area contributed by atoms with Gasteiger partial charge in [-0.3, -0.25) is 4.79 Å². The number of anilines is 2. The Hall–Kier alpha value is -2.29. The summed E-state index contributed by atoms with van der Waals surface area (Å²) in [6.07, 6.45) is 0.445. The molecule has 3 nitrogen and oxygen atoms in total. The van der Waals surface area contributed by atoms with Crippen LogP contribution in [0.1, 0.15) is 28.7 Å². The van der Waals surface area contributed by atoms with Gasteiger partial charge >= 0.3 is 0 Å². The fraction of sp³-hybridized carbons (Fsp3) is 0.316. The maximum atomic E-state index is 12.0. The Balaban J connectivity index is 1.83. The van der Waals surface area contributed by atoms with Crippen molar-refractivity contribution < 1.29 is 4.79 Å². The molecule has 0 heterocycles. The van der Waals surface area contributed by atoms with Gasteiger partial charge in [0.15, 0.2) is 0 Å². The van der Waals surface area contributed by atoms with E-state index in [-0.39, 0.29) is 5.91 Å². The van der Waals surface area contributed by atoms with Crippen molar-refractivity contribution in [3.63, 3.8) is 0 Å². The van der Waals surface area contributed by atoms with Gasteiger partial charge in [0, 0.05) is 24.3 Å². The smallest absolute Gasteiger partial charge is 0.226 e. The van der Waals surface area contributed by atoms with E-state index in [1.54, 1.807) is 0 Å². The fourth-order valence-electron chi connectivity index (χ4n) is 2.34. The molecule has 2 rings (SSSR count). The molecule has 0 aliphatic rings. The molecule has 116 valence electrons. The minimum atomic E-state index is 0.0308. The Morgan fingerprint density at radius 3 is 2.36 bits per heavy atom. The quantitative estimate of drug-likeness (QED) is 0.860. The summed E-state index contributed by atoms with van der Waals surface area (Å²) in [7, 11) is 0. The van der Waals surface area contributed by atoms with Crippen LogP contribution in [0.15, 0.2) is 36.4 Å². The Bertz CT molecular complexity index is 677. The van der Waals surface area contributed by atoms with Crippen LogP contribution >= 0.6 is 0 Å². The summed E-state index contributed by atoms with van der Waals surface area (Å²) < 4.78 is 0. The van der Waals surface area contributed by atoms with Gasteiger partial charge in [-0.05, 0) is 62.6 Å².